The van der Waals surface area contributed by atoms with Gasteiger partial charge in [-0.3, -0.25) is 0 Å². The Kier molecular flexibility index (Phi) is 6.61. The number of rotatable bonds is 7. The predicted molar refractivity (Wildman–Crippen MR) is 83.9 cm³/mol. The van der Waals surface area contributed by atoms with E-state index < -0.39 is 0 Å². The molecule has 2 unspecified atom stereocenters. The molecule has 118 valence electrons. The third-order valence-corrected chi connectivity index (χ3v) is 4.25. The normalized spacial score (nSPS) is 20.7. The van der Waals surface area contributed by atoms with Crippen molar-refractivity contribution in [2.75, 3.05) is 40.4 Å². The molecule has 0 saturated carbocycles. The molecule has 4 heteroatoms. The molecule has 1 aliphatic heterocycles. The van der Waals surface area contributed by atoms with Crippen LogP contribution in [0.4, 0.5) is 4.39 Å². The Morgan fingerprint density at radius 2 is 2.24 bits per heavy atom. The summed E-state index contributed by atoms with van der Waals surface area (Å²) in [6, 6.07) is 7.09. The van der Waals surface area contributed by atoms with Crippen LogP contribution in [0.25, 0.3) is 0 Å². The minimum atomic E-state index is -0.125. The van der Waals surface area contributed by atoms with Gasteiger partial charge >= 0.3 is 0 Å². The lowest BCUT2D eigenvalue weighted by atomic mass is 10.0. The molecule has 0 radical (unpaired) electrons. The molecular weight excluding hydrogens is 267 g/mol. The molecule has 2 rings (SSSR count). The van der Waals surface area contributed by atoms with Crippen LogP contribution in [0, 0.1) is 11.7 Å². The van der Waals surface area contributed by atoms with E-state index in [1.165, 1.54) is 18.9 Å². The molecule has 0 aliphatic carbocycles. The summed E-state index contributed by atoms with van der Waals surface area (Å²) in [5, 5.41) is 3.23. The van der Waals surface area contributed by atoms with E-state index in [-0.39, 0.29) is 11.9 Å². The van der Waals surface area contributed by atoms with E-state index in [2.05, 4.69) is 17.3 Å². The largest absolute Gasteiger partial charge is 0.381 e. The molecule has 0 amide bonds. The molecule has 2 atom stereocenters. The molecular formula is C17H27FN2O. The molecule has 3 nitrogen and oxygen atoms in total. The summed E-state index contributed by atoms with van der Waals surface area (Å²) >= 11 is 0. The third kappa shape index (κ3) is 5.06. The zero-order valence-corrected chi connectivity index (χ0v) is 13.1. The van der Waals surface area contributed by atoms with Crippen LogP contribution in [0.5, 0.6) is 0 Å². The Hall–Kier alpha value is -0.970. The van der Waals surface area contributed by atoms with Gasteiger partial charge in [-0.25, -0.2) is 4.39 Å². The molecule has 1 fully saturated rings. The van der Waals surface area contributed by atoms with Gasteiger partial charge in [-0.2, -0.15) is 0 Å². The van der Waals surface area contributed by atoms with Crippen LogP contribution in [-0.4, -0.2) is 45.3 Å². The van der Waals surface area contributed by atoms with Crippen molar-refractivity contribution in [1.82, 2.24) is 10.2 Å². The number of hydrogen-bond donors (Lipinski definition) is 1. The van der Waals surface area contributed by atoms with Crippen LogP contribution in [0.15, 0.2) is 24.3 Å². The maximum Gasteiger partial charge on any atom is 0.127 e. The molecule has 1 heterocycles. The number of ether oxygens (including phenoxy) is 1. The molecule has 0 bridgehead atoms. The lowest BCUT2D eigenvalue weighted by Crippen LogP contribution is -2.33. The van der Waals surface area contributed by atoms with Crippen LogP contribution >= 0.6 is 0 Å². The quantitative estimate of drug-likeness (QED) is 0.837. The molecule has 0 spiro atoms. The Bertz CT molecular complexity index is 421. The highest BCUT2D eigenvalue weighted by atomic mass is 19.1. The van der Waals surface area contributed by atoms with Crippen molar-refractivity contribution in [1.29, 1.82) is 0 Å². The molecule has 0 aromatic heterocycles. The van der Waals surface area contributed by atoms with Gasteiger partial charge in [0.05, 0.1) is 6.61 Å². The second kappa shape index (κ2) is 8.47. The highest BCUT2D eigenvalue weighted by Crippen LogP contribution is 2.20. The van der Waals surface area contributed by atoms with E-state index in [0.29, 0.717) is 5.92 Å². The fourth-order valence-corrected chi connectivity index (χ4v) is 3.05. The van der Waals surface area contributed by atoms with Crippen molar-refractivity contribution in [2.45, 2.75) is 25.3 Å². The fourth-order valence-electron chi connectivity index (χ4n) is 3.05. The number of nitrogens with one attached hydrogen (secondary N) is 1. The molecule has 1 N–H and O–H groups in total. The van der Waals surface area contributed by atoms with Gasteiger partial charge in [0.15, 0.2) is 0 Å². The number of nitrogens with zero attached hydrogens (tertiary/aromatic N) is 1. The van der Waals surface area contributed by atoms with Gasteiger partial charge in [-0.05, 0) is 51.9 Å². The Labute approximate surface area is 127 Å². The average molecular weight is 294 g/mol. The second-order valence-electron chi connectivity index (χ2n) is 6.00. The topological polar surface area (TPSA) is 24.5 Å². The summed E-state index contributed by atoms with van der Waals surface area (Å²) in [6.07, 6.45) is 3.33. The second-order valence-corrected chi connectivity index (χ2v) is 6.00. The number of benzene rings is 1. The molecule has 1 aliphatic rings. The Balaban J connectivity index is 1.81. The van der Waals surface area contributed by atoms with Crippen molar-refractivity contribution in [3.8, 4) is 0 Å². The zero-order valence-electron chi connectivity index (χ0n) is 13.1. The highest BCUT2D eigenvalue weighted by Gasteiger charge is 2.18. The Morgan fingerprint density at radius 1 is 1.43 bits per heavy atom. The lowest BCUT2D eigenvalue weighted by molar-refractivity contribution is 0.0416. The summed E-state index contributed by atoms with van der Waals surface area (Å²) in [7, 11) is 4.04. The van der Waals surface area contributed by atoms with Gasteiger partial charge in [0.25, 0.3) is 0 Å². The van der Waals surface area contributed by atoms with Gasteiger partial charge in [-0.1, -0.05) is 18.2 Å². The first-order valence-electron chi connectivity index (χ1n) is 7.88. The van der Waals surface area contributed by atoms with E-state index >= 15 is 0 Å². The summed E-state index contributed by atoms with van der Waals surface area (Å²) in [5.74, 6) is 0.519. The highest BCUT2D eigenvalue weighted by molar-refractivity contribution is 5.21. The van der Waals surface area contributed by atoms with E-state index in [1.807, 2.05) is 19.2 Å². The maximum atomic E-state index is 13.9. The summed E-state index contributed by atoms with van der Waals surface area (Å²) in [6.45, 7) is 3.81. The first kappa shape index (κ1) is 16.4. The lowest BCUT2D eigenvalue weighted by Gasteiger charge is -2.28. The average Bonchev–Trinajstić information content (AvgIpc) is 2.50. The number of halogens is 1. The van der Waals surface area contributed by atoms with Gasteiger partial charge in [0.2, 0.25) is 0 Å². The van der Waals surface area contributed by atoms with Crippen LogP contribution in [0.3, 0.4) is 0 Å². The monoisotopic (exact) mass is 294 g/mol. The van der Waals surface area contributed by atoms with Crippen LogP contribution in [-0.2, 0) is 4.74 Å². The zero-order chi connectivity index (χ0) is 15.1. The fraction of sp³-hybridized carbons (Fsp3) is 0.647. The van der Waals surface area contributed by atoms with Crippen molar-refractivity contribution in [2.24, 2.45) is 5.92 Å². The molecule has 1 saturated heterocycles. The van der Waals surface area contributed by atoms with Crippen molar-refractivity contribution in [3.63, 3.8) is 0 Å². The minimum absolute atomic E-state index is 0.0660. The van der Waals surface area contributed by atoms with Gasteiger partial charge < -0.3 is 15.0 Å². The van der Waals surface area contributed by atoms with Crippen molar-refractivity contribution >= 4 is 0 Å². The van der Waals surface area contributed by atoms with E-state index in [1.54, 1.807) is 6.07 Å². The van der Waals surface area contributed by atoms with Crippen molar-refractivity contribution < 1.29 is 9.13 Å². The predicted octanol–water partition coefficient (Wildman–Crippen LogP) is 2.83. The van der Waals surface area contributed by atoms with E-state index in [9.17, 15) is 4.39 Å². The molecule has 1 aromatic carbocycles. The maximum absolute atomic E-state index is 13.9. The van der Waals surface area contributed by atoms with Crippen molar-refractivity contribution in [3.05, 3.63) is 35.6 Å². The standard InChI is InChI=1S/C17H27FN2O/c1-19-17(15-7-3-4-8-16(15)18)9-10-20(2)12-14-6-5-11-21-13-14/h3-4,7-8,14,17,19H,5-6,9-13H2,1-2H3. The van der Waals surface area contributed by atoms with Gasteiger partial charge in [0, 0.05) is 24.8 Å². The van der Waals surface area contributed by atoms with Gasteiger partial charge in [0.1, 0.15) is 5.82 Å². The molecule has 21 heavy (non-hydrogen) atoms. The minimum Gasteiger partial charge on any atom is -0.381 e. The van der Waals surface area contributed by atoms with Gasteiger partial charge in [-0.15, -0.1) is 0 Å². The smallest absolute Gasteiger partial charge is 0.127 e. The third-order valence-electron chi connectivity index (χ3n) is 4.25. The van der Waals surface area contributed by atoms with Crippen LogP contribution < -0.4 is 5.32 Å². The first-order valence-corrected chi connectivity index (χ1v) is 7.88. The SMILES string of the molecule is CNC(CCN(C)CC1CCCOC1)c1ccccc1F. The summed E-state index contributed by atoms with van der Waals surface area (Å²) < 4.78 is 19.4. The van der Waals surface area contributed by atoms with E-state index in [0.717, 1.165) is 38.3 Å². The number of hydrogen-bond acceptors (Lipinski definition) is 3. The molecule has 1 aromatic rings. The summed E-state index contributed by atoms with van der Waals surface area (Å²) in [4.78, 5) is 2.34. The first-order chi connectivity index (χ1) is 10.2. The summed E-state index contributed by atoms with van der Waals surface area (Å²) in [5.41, 5.74) is 0.759. The van der Waals surface area contributed by atoms with Crippen LogP contribution in [0.1, 0.15) is 30.9 Å². The van der Waals surface area contributed by atoms with Crippen LogP contribution in [0.2, 0.25) is 0 Å². The van der Waals surface area contributed by atoms with E-state index in [4.69, 9.17) is 4.74 Å². The Morgan fingerprint density at radius 3 is 2.90 bits per heavy atom.